The van der Waals surface area contributed by atoms with Gasteiger partial charge in [0.2, 0.25) is 12.7 Å². The van der Waals surface area contributed by atoms with Gasteiger partial charge in [-0.2, -0.15) is 0 Å². The van der Waals surface area contributed by atoms with Crippen molar-refractivity contribution in [3.8, 4) is 28.6 Å². The summed E-state index contributed by atoms with van der Waals surface area (Å²) in [6.07, 6.45) is 3.47. The molecule has 0 bridgehead atoms. The van der Waals surface area contributed by atoms with Gasteiger partial charge in [-0.15, -0.1) is 10.2 Å². The zero-order valence-corrected chi connectivity index (χ0v) is 18.7. The van der Waals surface area contributed by atoms with Crippen LogP contribution in [-0.2, 0) is 11.3 Å². The second kappa shape index (κ2) is 9.33. The molecule has 4 aromatic rings. The third kappa shape index (κ3) is 4.54. The maximum absolute atomic E-state index is 12.8. The second-order valence-electron chi connectivity index (χ2n) is 7.38. The van der Waals surface area contributed by atoms with E-state index in [0.717, 1.165) is 22.6 Å². The molecule has 166 valence electrons. The minimum Gasteiger partial charge on any atom is -0.454 e. The molecule has 9 heteroatoms. The van der Waals surface area contributed by atoms with Gasteiger partial charge in [-0.05, 0) is 48.9 Å². The van der Waals surface area contributed by atoms with Gasteiger partial charge in [-0.1, -0.05) is 36.0 Å². The lowest BCUT2D eigenvalue weighted by atomic mass is 10.2. The van der Waals surface area contributed by atoms with E-state index in [1.807, 2.05) is 72.2 Å². The Labute approximate surface area is 195 Å². The van der Waals surface area contributed by atoms with E-state index in [1.54, 1.807) is 12.4 Å². The summed E-state index contributed by atoms with van der Waals surface area (Å²) in [6.45, 7) is 2.47. The maximum atomic E-state index is 12.8. The van der Waals surface area contributed by atoms with Crippen molar-refractivity contribution in [2.75, 3.05) is 6.79 Å². The van der Waals surface area contributed by atoms with Crippen molar-refractivity contribution in [2.45, 2.75) is 23.9 Å². The molecule has 0 unspecified atom stereocenters. The average molecular weight is 460 g/mol. The molecule has 0 spiro atoms. The molecule has 0 radical (unpaired) electrons. The molecule has 0 fully saturated rings. The smallest absolute Gasteiger partial charge is 0.233 e. The van der Waals surface area contributed by atoms with Crippen LogP contribution in [0.25, 0.3) is 17.1 Å². The number of nitrogens with one attached hydrogen (secondary N) is 1. The summed E-state index contributed by atoms with van der Waals surface area (Å²) in [5.74, 6) is 2.00. The molecule has 2 aromatic carbocycles. The van der Waals surface area contributed by atoms with Crippen LogP contribution in [-0.4, -0.2) is 37.7 Å². The first-order chi connectivity index (χ1) is 16.2. The Morgan fingerprint density at radius 1 is 1.09 bits per heavy atom. The number of ether oxygens (including phenoxy) is 2. The molecule has 3 heterocycles. The van der Waals surface area contributed by atoms with Crippen LogP contribution in [0.4, 0.5) is 0 Å². The van der Waals surface area contributed by atoms with Gasteiger partial charge >= 0.3 is 0 Å². The number of carbonyl (C=O) groups is 1. The van der Waals surface area contributed by atoms with Crippen LogP contribution >= 0.6 is 11.8 Å². The number of carbonyl (C=O) groups excluding carboxylic acids is 1. The molecule has 1 atom stereocenters. The van der Waals surface area contributed by atoms with E-state index >= 15 is 0 Å². The predicted octanol–water partition coefficient (Wildman–Crippen LogP) is 3.86. The van der Waals surface area contributed by atoms with E-state index in [1.165, 1.54) is 11.8 Å². The largest absolute Gasteiger partial charge is 0.454 e. The van der Waals surface area contributed by atoms with Crippen molar-refractivity contribution in [3.05, 3.63) is 78.6 Å². The van der Waals surface area contributed by atoms with E-state index in [2.05, 4.69) is 20.5 Å². The SMILES string of the molecule is C[C@@H](Sc1nnc(-c2cccnc2)n1-c1ccccc1)C(=O)NCc1ccc2c(c1)OCO2. The zero-order chi connectivity index (χ0) is 22.6. The lowest BCUT2D eigenvalue weighted by molar-refractivity contribution is -0.120. The second-order valence-corrected chi connectivity index (χ2v) is 8.69. The minimum atomic E-state index is -0.382. The topological polar surface area (TPSA) is 91.2 Å². The fourth-order valence-electron chi connectivity index (χ4n) is 3.43. The summed E-state index contributed by atoms with van der Waals surface area (Å²) in [4.78, 5) is 17.0. The molecule has 0 aliphatic carbocycles. The highest BCUT2D eigenvalue weighted by Gasteiger charge is 2.22. The van der Waals surface area contributed by atoms with Crippen LogP contribution in [0.3, 0.4) is 0 Å². The highest BCUT2D eigenvalue weighted by Crippen LogP contribution is 2.33. The molecule has 2 aromatic heterocycles. The number of nitrogens with zero attached hydrogens (tertiary/aromatic N) is 4. The Hall–Kier alpha value is -3.85. The molecule has 1 aliphatic heterocycles. The molecule has 8 nitrogen and oxygen atoms in total. The van der Waals surface area contributed by atoms with Crippen molar-refractivity contribution < 1.29 is 14.3 Å². The lowest BCUT2D eigenvalue weighted by Crippen LogP contribution is -2.30. The number of pyridine rings is 1. The van der Waals surface area contributed by atoms with E-state index in [0.29, 0.717) is 23.3 Å². The standard InChI is InChI=1S/C24H21N5O3S/c1-16(23(30)26-13-17-9-10-20-21(12-17)32-15-31-20)33-24-28-27-22(18-6-5-11-25-14-18)29(24)19-7-3-2-4-8-19/h2-12,14,16H,13,15H2,1H3,(H,26,30)/t16-/m1/s1. The highest BCUT2D eigenvalue weighted by molar-refractivity contribution is 8.00. The van der Waals surface area contributed by atoms with Gasteiger partial charge in [0.25, 0.3) is 0 Å². The first-order valence-corrected chi connectivity index (χ1v) is 11.3. The number of hydrogen-bond donors (Lipinski definition) is 1. The normalized spacial score (nSPS) is 13.0. The molecular weight excluding hydrogens is 438 g/mol. The van der Waals surface area contributed by atoms with Gasteiger partial charge in [0, 0.05) is 30.2 Å². The van der Waals surface area contributed by atoms with Gasteiger partial charge in [0.05, 0.1) is 5.25 Å². The van der Waals surface area contributed by atoms with Gasteiger partial charge in [-0.25, -0.2) is 0 Å². The first-order valence-electron chi connectivity index (χ1n) is 10.4. The van der Waals surface area contributed by atoms with Crippen molar-refractivity contribution in [1.29, 1.82) is 0 Å². The fourth-order valence-corrected chi connectivity index (χ4v) is 4.33. The van der Waals surface area contributed by atoms with Gasteiger partial charge < -0.3 is 14.8 Å². The Balaban J connectivity index is 1.33. The van der Waals surface area contributed by atoms with E-state index in [4.69, 9.17) is 9.47 Å². The van der Waals surface area contributed by atoms with Crippen LogP contribution in [0.5, 0.6) is 11.5 Å². The Kier molecular flexibility index (Phi) is 5.95. The van der Waals surface area contributed by atoms with Crippen LogP contribution in [0, 0.1) is 0 Å². The summed E-state index contributed by atoms with van der Waals surface area (Å²) in [5.41, 5.74) is 2.70. The number of aromatic nitrogens is 4. The molecule has 1 amide bonds. The summed E-state index contributed by atoms with van der Waals surface area (Å²) in [7, 11) is 0. The number of hydrogen-bond acceptors (Lipinski definition) is 7. The molecule has 33 heavy (non-hydrogen) atoms. The Bertz CT molecular complexity index is 1260. The van der Waals surface area contributed by atoms with Gasteiger partial charge in [0.1, 0.15) is 0 Å². The van der Waals surface area contributed by atoms with E-state index < -0.39 is 0 Å². The number of benzene rings is 2. The molecular formula is C24H21N5O3S. The molecule has 1 aliphatic rings. The fraction of sp³-hybridized carbons (Fsp3) is 0.167. The Morgan fingerprint density at radius 3 is 2.76 bits per heavy atom. The van der Waals surface area contributed by atoms with Crippen LogP contribution < -0.4 is 14.8 Å². The lowest BCUT2D eigenvalue weighted by Gasteiger charge is -2.14. The quantitative estimate of drug-likeness (QED) is 0.420. The van der Waals surface area contributed by atoms with Crippen molar-refractivity contribution >= 4 is 17.7 Å². The number of thioether (sulfide) groups is 1. The summed E-state index contributed by atoms with van der Waals surface area (Å²) >= 11 is 1.36. The number of fused-ring (bicyclic) bond motifs is 1. The van der Waals surface area contributed by atoms with Crippen LogP contribution in [0.15, 0.2) is 78.2 Å². The number of para-hydroxylation sites is 1. The third-order valence-corrected chi connectivity index (χ3v) is 6.17. The van der Waals surface area contributed by atoms with Gasteiger partial charge in [0.15, 0.2) is 22.5 Å². The molecule has 1 N–H and O–H groups in total. The maximum Gasteiger partial charge on any atom is 0.233 e. The van der Waals surface area contributed by atoms with Crippen LogP contribution in [0.2, 0.25) is 0 Å². The van der Waals surface area contributed by atoms with E-state index in [-0.39, 0.29) is 18.0 Å². The number of rotatable bonds is 7. The highest BCUT2D eigenvalue weighted by atomic mass is 32.2. The Morgan fingerprint density at radius 2 is 1.94 bits per heavy atom. The summed E-state index contributed by atoms with van der Waals surface area (Å²) in [6, 6.07) is 19.3. The van der Waals surface area contributed by atoms with Gasteiger partial charge in [-0.3, -0.25) is 14.3 Å². The van der Waals surface area contributed by atoms with Crippen molar-refractivity contribution in [1.82, 2.24) is 25.1 Å². The molecule has 5 rings (SSSR count). The molecule has 0 saturated heterocycles. The third-order valence-electron chi connectivity index (χ3n) is 5.12. The molecule has 0 saturated carbocycles. The average Bonchev–Trinajstić information content (AvgIpc) is 3.50. The zero-order valence-electron chi connectivity index (χ0n) is 17.8. The summed E-state index contributed by atoms with van der Waals surface area (Å²) < 4.78 is 12.7. The van der Waals surface area contributed by atoms with Crippen LogP contribution in [0.1, 0.15) is 12.5 Å². The van der Waals surface area contributed by atoms with Crippen molar-refractivity contribution in [3.63, 3.8) is 0 Å². The predicted molar refractivity (Wildman–Crippen MR) is 124 cm³/mol. The first kappa shape index (κ1) is 21.0. The minimum absolute atomic E-state index is 0.0943. The monoisotopic (exact) mass is 459 g/mol. The number of amides is 1. The summed E-state index contributed by atoms with van der Waals surface area (Å²) in [5, 5.41) is 12.0. The van der Waals surface area contributed by atoms with Crippen molar-refractivity contribution in [2.24, 2.45) is 0 Å². The van der Waals surface area contributed by atoms with E-state index in [9.17, 15) is 4.79 Å².